The Morgan fingerprint density at radius 3 is 1.92 bits per heavy atom. The predicted molar refractivity (Wildman–Crippen MR) is 99.1 cm³/mol. The lowest BCUT2D eigenvalue weighted by Crippen LogP contribution is -2.20. The number of unbranched alkanes of at least 4 members (excludes halogenated alkanes) is 8. The molecule has 0 fully saturated rings. The van der Waals surface area contributed by atoms with Crippen LogP contribution in [0.25, 0.3) is 0 Å². The van der Waals surface area contributed by atoms with Crippen molar-refractivity contribution in [1.82, 2.24) is 0 Å². The second-order valence-corrected chi connectivity index (χ2v) is 6.61. The Labute approximate surface area is 149 Å². The van der Waals surface area contributed by atoms with Gasteiger partial charge in [-0.25, -0.2) is 0 Å². The molecule has 0 aliphatic carbocycles. The van der Waals surface area contributed by atoms with Gasteiger partial charge in [-0.05, 0) is 12.8 Å². The number of carbonyl (C=O) groups excluding carboxylic acids is 1. The molecule has 0 heterocycles. The highest BCUT2D eigenvalue weighted by Gasteiger charge is 2.19. The third-order valence-electron chi connectivity index (χ3n) is 4.35. The van der Waals surface area contributed by atoms with Crippen molar-refractivity contribution in [2.24, 2.45) is 5.92 Å². The fourth-order valence-corrected chi connectivity index (χ4v) is 2.85. The van der Waals surface area contributed by atoms with Crippen LogP contribution >= 0.6 is 0 Å². The van der Waals surface area contributed by atoms with E-state index >= 15 is 0 Å². The maximum atomic E-state index is 12.3. The van der Waals surface area contributed by atoms with Crippen molar-refractivity contribution in [3.05, 3.63) is 0 Å². The van der Waals surface area contributed by atoms with Crippen LogP contribution in [0, 0.1) is 5.92 Å². The summed E-state index contributed by atoms with van der Waals surface area (Å²) in [5, 5.41) is 8.65. The van der Waals surface area contributed by atoms with Crippen LogP contribution in [-0.2, 0) is 14.3 Å². The SMILES string of the molecule is CCCCCCCCC(CCCCCC)C(=O)OCCOCCO. The van der Waals surface area contributed by atoms with Crippen LogP contribution in [0.4, 0.5) is 0 Å². The van der Waals surface area contributed by atoms with Crippen molar-refractivity contribution in [3.8, 4) is 0 Å². The first-order valence-electron chi connectivity index (χ1n) is 10.1. The number of aliphatic hydroxyl groups is 1. The van der Waals surface area contributed by atoms with Gasteiger partial charge >= 0.3 is 5.97 Å². The van der Waals surface area contributed by atoms with Gasteiger partial charge in [-0.15, -0.1) is 0 Å². The molecule has 4 heteroatoms. The van der Waals surface area contributed by atoms with Crippen LogP contribution in [-0.4, -0.2) is 37.5 Å². The van der Waals surface area contributed by atoms with Gasteiger partial charge in [-0.3, -0.25) is 4.79 Å². The molecule has 0 saturated carbocycles. The molecule has 0 aliphatic rings. The summed E-state index contributed by atoms with van der Waals surface area (Å²) in [7, 11) is 0. The van der Waals surface area contributed by atoms with Crippen molar-refractivity contribution < 1.29 is 19.4 Å². The van der Waals surface area contributed by atoms with Gasteiger partial charge in [-0.1, -0.05) is 78.1 Å². The van der Waals surface area contributed by atoms with Crippen LogP contribution in [0.15, 0.2) is 0 Å². The summed E-state index contributed by atoms with van der Waals surface area (Å²) in [5.74, 6) is -0.0153. The standard InChI is InChI=1S/C20H40O4/c1-3-5-7-9-10-12-14-19(13-11-8-6-4-2)20(22)24-18-17-23-16-15-21/h19,21H,3-18H2,1-2H3. The Morgan fingerprint density at radius 2 is 1.33 bits per heavy atom. The zero-order chi connectivity index (χ0) is 17.9. The van der Waals surface area contributed by atoms with Crippen molar-refractivity contribution in [1.29, 1.82) is 0 Å². The zero-order valence-electron chi connectivity index (χ0n) is 16.1. The lowest BCUT2D eigenvalue weighted by Gasteiger charge is -2.16. The highest BCUT2D eigenvalue weighted by atomic mass is 16.6. The maximum absolute atomic E-state index is 12.3. The number of hydrogen-bond donors (Lipinski definition) is 1. The first-order valence-corrected chi connectivity index (χ1v) is 10.1. The Morgan fingerprint density at radius 1 is 0.792 bits per heavy atom. The van der Waals surface area contributed by atoms with Gasteiger partial charge in [-0.2, -0.15) is 0 Å². The van der Waals surface area contributed by atoms with Gasteiger partial charge in [0.2, 0.25) is 0 Å². The second-order valence-electron chi connectivity index (χ2n) is 6.61. The highest BCUT2D eigenvalue weighted by molar-refractivity contribution is 5.72. The van der Waals surface area contributed by atoms with E-state index < -0.39 is 0 Å². The van der Waals surface area contributed by atoms with Crippen molar-refractivity contribution >= 4 is 5.97 Å². The molecule has 144 valence electrons. The first kappa shape index (κ1) is 23.4. The number of esters is 1. The number of rotatable bonds is 18. The lowest BCUT2D eigenvalue weighted by molar-refractivity contribution is -0.150. The molecule has 1 atom stereocenters. The van der Waals surface area contributed by atoms with Gasteiger partial charge in [0.25, 0.3) is 0 Å². The maximum Gasteiger partial charge on any atom is 0.309 e. The molecule has 0 amide bonds. The second kappa shape index (κ2) is 18.7. The first-order chi connectivity index (χ1) is 11.8. The average molecular weight is 345 g/mol. The summed E-state index contributed by atoms with van der Waals surface area (Å²) in [6.07, 6.45) is 14.2. The van der Waals surface area contributed by atoms with Gasteiger partial charge in [0.05, 0.1) is 25.7 Å². The minimum Gasteiger partial charge on any atom is -0.463 e. The molecule has 1 N–H and O–H groups in total. The van der Waals surface area contributed by atoms with Crippen LogP contribution < -0.4 is 0 Å². The minimum absolute atomic E-state index is 0.00598. The van der Waals surface area contributed by atoms with Gasteiger partial charge in [0.1, 0.15) is 6.61 Å². The fraction of sp³-hybridized carbons (Fsp3) is 0.950. The van der Waals surface area contributed by atoms with Gasteiger partial charge in [0, 0.05) is 0 Å². The normalized spacial score (nSPS) is 12.3. The number of carbonyl (C=O) groups is 1. The van der Waals surface area contributed by atoms with E-state index in [1.165, 1.54) is 51.4 Å². The van der Waals surface area contributed by atoms with Gasteiger partial charge < -0.3 is 14.6 Å². The fourth-order valence-electron chi connectivity index (χ4n) is 2.85. The van der Waals surface area contributed by atoms with E-state index in [2.05, 4.69) is 13.8 Å². The molecular formula is C20H40O4. The van der Waals surface area contributed by atoms with Crippen LogP contribution in [0.1, 0.15) is 90.9 Å². The quantitative estimate of drug-likeness (QED) is 0.284. The average Bonchev–Trinajstić information content (AvgIpc) is 2.59. The molecule has 0 aliphatic heterocycles. The molecule has 0 radical (unpaired) electrons. The van der Waals surface area contributed by atoms with E-state index in [-0.39, 0.29) is 18.5 Å². The molecule has 1 unspecified atom stereocenters. The Kier molecular flexibility index (Phi) is 18.2. The Balaban J connectivity index is 3.98. The van der Waals surface area contributed by atoms with E-state index in [1.807, 2.05) is 0 Å². The largest absolute Gasteiger partial charge is 0.463 e. The minimum atomic E-state index is -0.0624. The third-order valence-corrected chi connectivity index (χ3v) is 4.35. The Hall–Kier alpha value is -0.610. The molecule has 0 spiro atoms. The molecule has 0 rings (SSSR count). The van der Waals surface area contributed by atoms with Crippen LogP contribution in [0.3, 0.4) is 0 Å². The van der Waals surface area contributed by atoms with E-state index in [4.69, 9.17) is 14.6 Å². The summed E-state index contributed by atoms with van der Waals surface area (Å²) in [6, 6.07) is 0. The molecule has 0 aromatic carbocycles. The van der Waals surface area contributed by atoms with Crippen molar-refractivity contribution in [2.45, 2.75) is 90.9 Å². The molecule has 4 nitrogen and oxygen atoms in total. The van der Waals surface area contributed by atoms with E-state index in [9.17, 15) is 4.79 Å². The summed E-state index contributed by atoms with van der Waals surface area (Å²) in [5.41, 5.74) is 0. The highest BCUT2D eigenvalue weighted by Crippen LogP contribution is 2.20. The summed E-state index contributed by atoms with van der Waals surface area (Å²) in [4.78, 5) is 12.3. The monoisotopic (exact) mass is 344 g/mol. The summed E-state index contributed by atoms with van der Waals surface area (Å²) in [6.45, 7) is 5.40. The number of hydrogen-bond acceptors (Lipinski definition) is 4. The number of aliphatic hydroxyl groups excluding tert-OH is 1. The Bertz CT molecular complexity index is 268. The van der Waals surface area contributed by atoms with E-state index in [1.54, 1.807) is 0 Å². The van der Waals surface area contributed by atoms with Crippen molar-refractivity contribution in [2.75, 3.05) is 26.4 Å². The molecule has 0 saturated heterocycles. The summed E-state index contributed by atoms with van der Waals surface area (Å²) < 4.78 is 10.5. The predicted octanol–water partition coefficient (Wildman–Crippen LogP) is 4.88. The van der Waals surface area contributed by atoms with Gasteiger partial charge in [0.15, 0.2) is 0 Å². The molecule has 0 aromatic heterocycles. The third kappa shape index (κ3) is 14.9. The van der Waals surface area contributed by atoms with Crippen molar-refractivity contribution in [3.63, 3.8) is 0 Å². The van der Waals surface area contributed by atoms with Crippen LogP contribution in [0.5, 0.6) is 0 Å². The zero-order valence-corrected chi connectivity index (χ0v) is 16.1. The van der Waals surface area contributed by atoms with E-state index in [0.29, 0.717) is 19.8 Å². The van der Waals surface area contributed by atoms with Crippen LogP contribution in [0.2, 0.25) is 0 Å². The lowest BCUT2D eigenvalue weighted by atomic mass is 9.94. The molecule has 0 bridgehead atoms. The number of ether oxygens (including phenoxy) is 2. The summed E-state index contributed by atoms with van der Waals surface area (Å²) >= 11 is 0. The smallest absolute Gasteiger partial charge is 0.309 e. The molecule has 0 aromatic rings. The molecular weight excluding hydrogens is 304 g/mol. The van der Waals surface area contributed by atoms with E-state index in [0.717, 1.165) is 25.7 Å². The topological polar surface area (TPSA) is 55.8 Å². The molecule has 24 heavy (non-hydrogen) atoms.